The quantitative estimate of drug-likeness (QED) is 0.342. The molecule has 0 unspecified atom stereocenters. The van der Waals surface area contributed by atoms with E-state index in [4.69, 9.17) is 11.6 Å². The number of H-pyrrole nitrogens is 1. The molecule has 9 heteroatoms. The zero-order valence-electron chi connectivity index (χ0n) is 17.3. The number of thiazole rings is 1. The molecule has 2 N–H and O–H groups in total. The maximum absolute atomic E-state index is 10.9. The maximum atomic E-state index is 10.9. The fraction of sp³-hybridized carbons (Fsp3) is 0.217. The van der Waals surface area contributed by atoms with Gasteiger partial charge >= 0.3 is 0 Å². The fourth-order valence-corrected chi connectivity index (χ4v) is 5.62. The third-order valence-corrected chi connectivity index (χ3v) is 7.69. The van der Waals surface area contributed by atoms with Crippen molar-refractivity contribution in [2.24, 2.45) is 0 Å². The van der Waals surface area contributed by atoms with Crippen molar-refractivity contribution >= 4 is 66.6 Å². The van der Waals surface area contributed by atoms with Gasteiger partial charge in [-0.3, -0.25) is 5.10 Å². The highest BCUT2D eigenvalue weighted by atomic mass is 79.9. The van der Waals surface area contributed by atoms with Crippen LogP contribution in [0, 0.1) is 0 Å². The number of rotatable bonds is 4. The zero-order chi connectivity index (χ0) is 22.2. The van der Waals surface area contributed by atoms with E-state index >= 15 is 0 Å². The van der Waals surface area contributed by atoms with Crippen molar-refractivity contribution < 1.29 is 5.11 Å². The minimum atomic E-state index is 0.0487. The van der Waals surface area contributed by atoms with Gasteiger partial charge in [0.05, 0.1) is 11.7 Å². The van der Waals surface area contributed by atoms with Gasteiger partial charge in [0.2, 0.25) is 5.88 Å². The SMILES string of the molecule is CN1CCN(c2nc(O)c(C(=Cc3ccc(Cl)cc3Br)c3ccc4[nH]ncc4c3)s2)CC1. The van der Waals surface area contributed by atoms with E-state index in [2.05, 4.69) is 60.1 Å². The molecule has 0 amide bonds. The molecule has 0 bridgehead atoms. The molecule has 0 spiro atoms. The van der Waals surface area contributed by atoms with Crippen molar-refractivity contribution in [1.29, 1.82) is 0 Å². The van der Waals surface area contributed by atoms with Crippen LogP contribution in [0.3, 0.4) is 0 Å². The maximum Gasteiger partial charge on any atom is 0.232 e. The molecule has 1 saturated heterocycles. The number of hydrogen-bond acceptors (Lipinski definition) is 6. The van der Waals surface area contributed by atoms with Crippen molar-refractivity contribution in [3.63, 3.8) is 0 Å². The number of aromatic hydroxyl groups is 1. The fourth-order valence-electron chi connectivity index (χ4n) is 3.77. The van der Waals surface area contributed by atoms with Crippen LogP contribution in [0.5, 0.6) is 5.88 Å². The average Bonchev–Trinajstić information content (AvgIpc) is 3.40. The molecule has 1 aliphatic heterocycles. The first kappa shape index (κ1) is 21.5. The molecule has 5 rings (SSSR count). The zero-order valence-corrected chi connectivity index (χ0v) is 20.5. The number of likely N-dealkylation sites (N-methyl/N-ethyl adjacent to an activating group) is 1. The number of aromatic amines is 1. The number of aromatic nitrogens is 3. The lowest BCUT2D eigenvalue weighted by Crippen LogP contribution is -2.44. The number of anilines is 1. The Labute approximate surface area is 203 Å². The predicted molar refractivity (Wildman–Crippen MR) is 136 cm³/mol. The largest absolute Gasteiger partial charge is 0.492 e. The lowest BCUT2D eigenvalue weighted by molar-refractivity contribution is 0.312. The molecule has 0 atom stereocenters. The molecular weight excluding hydrogens is 510 g/mol. The second kappa shape index (κ2) is 8.86. The number of piperazine rings is 1. The van der Waals surface area contributed by atoms with Crippen molar-refractivity contribution in [2.45, 2.75) is 0 Å². The summed E-state index contributed by atoms with van der Waals surface area (Å²) in [5.41, 5.74) is 3.80. The minimum absolute atomic E-state index is 0.0487. The van der Waals surface area contributed by atoms with Gasteiger partial charge in [-0.1, -0.05) is 51.0 Å². The number of halogens is 2. The first-order valence-electron chi connectivity index (χ1n) is 10.2. The van der Waals surface area contributed by atoms with E-state index in [9.17, 15) is 5.11 Å². The van der Waals surface area contributed by atoms with Crippen molar-refractivity contribution in [1.82, 2.24) is 20.1 Å². The summed E-state index contributed by atoms with van der Waals surface area (Å²) >= 11 is 11.3. The molecule has 4 aromatic rings. The van der Waals surface area contributed by atoms with Crippen LogP contribution in [0.4, 0.5) is 5.13 Å². The number of hydrogen-bond donors (Lipinski definition) is 2. The lowest BCUT2D eigenvalue weighted by atomic mass is 10.00. The van der Waals surface area contributed by atoms with Crippen molar-refractivity contribution in [3.05, 3.63) is 68.1 Å². The van der Waals surface area contributed by atoms with Crippen molar-refractivity contribution in [2.75, 3.05) is 38.1 Å². The third kappa shape index (κ3) is 4.28. The van der Waals surface area contributed by atoms with E-state index < -0.39 is 0 Å². The van der Waals surface area contributed by atoms with Crippen LogP contribution >= 0.6 is 38.9 Å². The van der Waals surface area contributed by atoms with E-state index in [1.807, 2.05) is 30.3 Å². The number of fused-ring (bicyclic) bond motifs is 1. The molecule has 164 valence electrons. The Bertz CT molecular complexity index is 1310. The van der Waals surface area contributed by atoms with Crippen LogP contribution in [-0.4, -0.2) is 58.4 Å². The monoisotopic (exact) mass is 529 g/mol. The molecule has 0 radical (unpaired) electrons. The predicted octanol–water partition coefficient (Wildman–Crippen LogP) is 5.48. The summed E-state index contributed by atoms with van der Waals surface area (Å²) in [5, 5.41) is 20.5. The molecular formula is C23H21BrClN5OS. The van der Waals surface area contributed by atoms with Gasteiger partial charge in [-0.15, -0.1) is 0 Å². The summed E-state index contributed by atoms with van der Waals surface area (Å²) in [6.45, 7) is 3.75. The van der Waals surface area contributed by atoms with Crippen LogP contribution in [-0.2, 0) is 0 Å². The Kier molecular flexibility index (Phi) is 5.94. The molecule has 1 aliphatic rings. The Balaban J connectivity index is 1.62. The van der Waals surface area contributed by atoms with Gasteiger partial charge < -0.3 is 14.9 Å². The molecule has 2 aromatic carbocycles. The molecule has 6 nitrogen and oxygen atoms in total. The highest BCUT2D eigenvalue weighted by Crippen LogP contribution is 2.41. The van der Waals surface area contributed by atoms with Gasteiger partial charge in [-0.25, -0.2) is 0 Å². The normalized spacial score (nSPS) is 15.6. The third-order valence-electron chi connectivity index (χ3n) is 5.63. The van der Waals surface area contributed by atoms with Gasteiger partial charge in [-0.2, -0.15) is 10.1 Å². The smallest absolute Gasteiger partial charge is 0.232 e. The Morgan fingerprint density at radius 1 is 1.19 bits per heavy atom. The van der Waals surface area contributed by atoms with Crippen LogP contribution in [0.2, 0.25) is 5.02 Å². The summed E-state index contributed by atoms with van der Waals surface area (Å²) in [5.74, 6) is 0.0487. The van der Waals surface area contributed by atoms with Crippen LogP contribution in [0.1, 0.15) is 16.0 Å². The summed E-state index contributed by atoms with van der Waals surface area (Å²) in [6, 6.07) is 11.8. The molecule has 1 fully saturated rings. The number of nitrogens with one attached hydrogen (secondary N) is 1. The van der Waals surface area contributed by atoms with E-state index in [1.165, 1.54) is 11.3 Å². The molecule has 0 aliphatic carbocycles. The molecule has 2 aromatic heterocycles. The second-order valence-electron chi connectivity index (χ2n) is 7.84. The first-order chi connectivity index (χ1) is 15.5. The summed E-state index contributed by atoms with van der Waals surface area (Å²) in [6.07, 6.45) is 3.86. The van der Waals surface area contributed by atoms with Crippen LogP contribution in [0.15, 0.2) is 47.1 Å². The highest BCUT2D eigenvalue weighted by molar-refractivity contribution is 9.10. The minimum Gasteiger partial charge on any atom is -0.492 e. The Hall–Kier alpha value is -2.39. The second-order valence-corrected chi connectivity index (χ2v) is 10.1. The standard InChI is InChI=1S/C23H21BrClN5OS/c1-29-6-8-30(9-7-29)23-27-22(31)21(32-23)18(11-15-2-4-17(25)12-19(15)24)14-3-5-20-16(10-14)13-26-28-20/h2-5,10-13,31H,6-9H2,1H3,(H,26,28). The Morgan fingerprint density at radius 2 is 2.00 bits per heavy atom. The van der Waals surface area contributed by atoms with Gasteiger partial charge in [0, 0.05) is 46.6 Å². The summed E-state index contributed by atoms with van der Waals surface area (Å²) < 4.78 is 0.884. The van der Waals surface area contributed by atoms with E-state index in [0.717, 1.165) is 68.3 Å². The van der Waals surface area contributed by atoms with E-state index in [1.54, 1.807) is 6.20 Å². The van der Waals surface area contributed by atoms with E-state index in [0.29, 0.717) is 5.02 Å². The lowest BCUT2D eigenvalue weighted by Gasteiger charge is -2.31. The Morgan fingerprint density at radius 3 is 2.78 bits per heavy atom. The van der Waals surface area contributed by atoms with Gasteiger partial charge in [-0.05, 0) is 48.5 Å². The molecule has 0 saturated carbocycles. The van der Waals surface area contributed by atoms with E-state index in [-0.39, 0.29) is 5.88 Å². The van der Waals surface area contributed by atoms with Crippen molar-refractivity contribution in [3.8, 4) is 5.88 Å². The van der Waals surface area contributed by atoms with Gasteiger partial charge in [0.15, 0.2) is 5.13 Å². The van der Waals surface area contributed by atoms with Gasteiger partial charge in [0.1, 0.15) is 4.88 Å². The highest BCUT2D eigenvalue weighted by Gasteiger charge is 2.22. The summed E-state index contributed by atoms with van der Waals surface area (Å²) in [7, 11) is 2.12. The number of benzene rings is 2. The van der Waals surface area contributed by atoms with Gasteiger partial charge in [0.25, 0.3) is 0 Å². The topological polar surface area (TPSA) is 68.3 Å². The average molecular weight is 531 g/mol. The van der Waals surface area contributed by atoms with Crippen LogP contribution < -0.4 is 4.90 Å². The molecule has 3 heterocycles. The van der Waals surface area contributed by atoms with Crippen LogP contribution in [0.25, 0.3) is 22.6 Å². The first-order valence-corrected chi connectivity index (χ1v) is 12.2. The summed E-state index contributed by atoms with van der Waals surface area (Å²) in [4.78, 5) is 9.80. The molecule has 32 heavy (non-hydrogen) atoms. The number of nitrogens with zero attached hydrogens (tertiary/aromatic N) is 4.